The highest BCUT2D eigenvalue weighted by Crippen LogP contribution is 2.27. The Morgan fingerprint density at radius 2 is 1.54 bits per heavy atom. The van der Waals surface area contributed by atoms with Crippen molar-refractivity contribution in [3.63, 3.8) is 0 Å². The molecular weight excluding hydrogens is 464 g/mol. The fourth-order valence-electron chi connectivity index (χ4n) is 5.60. The third kappa shape index (κ3) is 8.84. The molecule has 7 heteroatoms. The van der Waals surface area contributed by atoms with Gasteiger partial charge in [0, 0.05) is 71.3 Å². The van der Waals surface area contributed by atoms with Gasteiger partial charge >= 0.3 is 0 Å². The number of likely N-dealkylation sites (tertiary alicyclic amines) is 1. The van der Waals surface area contributed by atoms with Gasteiger partial charge in [0.25, 0.3) is 0 Å². The van der Waals surface area contributed by atoms with Crippen molar-refractivity contribution in [2.24, 2.45) is 17.8 Å². The number of carbonyl (C=O) groups excluding carboxylic acids is 3. The standard InChI is InChI=1S/C30H48N4O3/c1-23(2)19-30(37)34-14-8-13-31(21-24(3)4)17-18-33(22-27-9-6-7-10-28(27)34)29(36)20-26-11-15-32(16-12-26)25(5)35/h6-7,9-10,23-24,26H,8,11-22H2,1-5H3. The van der Waals surface area contributed by atoms with Crippen LogP contribution in [0, 0.1) is 17.8 Å². The number of rotatable bonds is 6. The van der Waals surface area contributed by atoms with Gasteiger partial charge in [0.15, 0.2) is 0 Å². The van der Waals surface area contributed by atoms with Gasteiger partial charge in [-0.25, -0.2) is 0 Å². The highest BCUT2D eigenvalue weighted by molar-refractivity contribution is 5.94. The van der Waals surface area contributed by atoms with Crippen molar-refractivity contribution in [3.8, 4) is 0 Å². The maximum Gasteiger partial charge on any atom is 0.227 e. The quantitative estimate of drug-likeness (QED) is 0.567. The second kappa shape index (κ2) is 13.9. The van der Waals surface area contributed by atoms with Gasteiger partial charge in [0.05, 0.1) is 0 Å². The first-order valence-electron chi connectivity index (χ1n) is 14.3. The number of anilines is 1. The highest BCUT2D eigenvalue weighted by atomic mass is 16.2. The normalized spacial score (nSPS) is 18.6. The molecule has 0 N–H and O–H groups in total. The summed E-state index contributed by atoms with van der Waals surface area (Å²) in [5, 5.41) is 0. The molecule has 0 aromatic heterocycles. The molecule has 3 amide bonds. The summed E-state index contributed by atoms with van der Waals surface area (Å²) in [5.41, 5.74) is 1.98. The molecule has 1 saturated heterocycles. The Labute approximate surface area is 224 Å². The lowest BCUT2D eigenvalue weighted by molar-refractivity contribution is -0.134. The summed E-state index contributed by atoms with van der Waals surface area (Å²) in [7, 11) is 0. The van der Waals surface area contributed by atoms with Crippen molar-refractivity contribution < 1.29 is 14.4 Å². The highest BCUT2D eigenvalue weighted by Gasteiger charge is 2.27. The van der Waals surface area contributed by atoms with Crippen molar-refractivity contribution in [1.82, 2.24) is 14.7 Å². The van der Waals surface area contributed by atoms with Crippen LogP contribution in [0.2, 0.25) is 0 Å². The number of piperidine rings is 1. The molecule has 0 spiro atoms. The van der Waals surface area contributed by atoms with E-state index in [0.717, 1.165) is 63.2 Å². The van der Waals surface area contributed by atoms with Crippen LogP contribution in [0.5, 0.6) is 0 Å². The lowest BCUT2D eigenvalue weighted by Crippen LogP contribution is -2.42. The largest absolute Gasteiger partial charge is 0.343 e. The van der Waals surface area contributed by atoms with Crippen LogP contribution in [-0.2, 0) is 20.9 Å². The van der Waals surface area contributed by atoms with Gasteiger partial charge in [-0.1, -0.05) is 45.9 Å². The monoisotopic (exact) mass is 512 g/mol. The average Bonchev–Trinajstić information content (AvgIpc) is 2.87. The second-order valence-electron chi connectivity index (χ2n) is 11.8. The first-order chi connectivity index (χ1) is 17.6. The van der Waals surface area contributed by atoms with Crippen molar-refractivity contribution in [2.75, 3.05) is 50.7 Å². The van der Waals surface area contributed by atoms with E-state index in [4.69, 9.17) is 0 Å². The van der Waals surface area contributed by atoms with Gasteiger partial charge in [-0.05, 0) is 55.2 Å². The molecule has 37 heavy (non-hydrogen) atoms. The van der Waals surface area contributed by atoms with Crippen molar-refractivity contribution >= 4 is 23.4 Å². The molecule has 2 heterocycles. The predicted octanol–water partition coefficient (Wildman–Crippen LogP) is 4.40. The van der Waals surface area contributed by atoms with E-state index in [1.807, 2.05) is 32.9 Å². The molecule has 206 valence electrons. The van der Waals surface area contributed by atoms with E-state index in [9.17, 15) is 14.4 Å². The van der Waals surface area contributed by atoms with E-state index in [1.54, 1.807) is 6.92 Å². The van der Waals surface area contributed by atoms with Crippen LogP contribution in [0.4, 0.5) is 5.69 Å². The lowest BCUT2D eigenvalue weighted by atomic mass is 9.93. The summed E-state index contributed by atoms with van der Waals surface area (Å²) in [6.45, 7) is 16.4. The molecule has 2 aliphatic rings. The Balaban J connectivity index is 1.83. The number of nitrogens with zero attached hydrogens (tertiary/aromatic N) is 4. The number of amides is 3. The summed E-state index contributed by atoms with van der Waals surface area (Å²) in [6, 6.07) is 8.11. The molecule has 7 nitrogen and oxygen atoms in total. The minimum absolute atomic E-state index is 0.121. The van der Waals surface area contributed by atoms with E-state index in [0.29, 0.717) is 50.2 Å². The molecule has 0 bridgehead atoms. The van der Waals surface area contributed by atoms with Crippen molar-refractivity contribution in [1.29, 1.82) is 0 Å². The number of benzene rings is 1. The molecule has 3 rings (SSSR count). The molecule has 0 atom stereocenters. The topological polar surface area (TPSA) is 64.2 Å². The first kappa shape index (κ1) is 29.2. The Kier molecular flexibility index (Phi) is 11.0. The molecular formula is C30H48N4O3. The number of fused-ring (bicyclic) bond motifs is 1. The van der Waals surface area contributed by atoms with Crippen molar-refractivity contribution in [3.05, 3.63) is 29.8 Å². The van der Waals surface area contributed by atoms with Crippen LogP contribution in [0.25, 0.3) is 0 Å². The maximum absolute atomic E-state index is 13.7. The SMILES string of the molecule is CC(=O)N1CCC(CC(=O)N2CCN(CC(C)C)CCCN(C(=O)CC(C)C)c3ccccc3C2)CC1. The molecule has 2 aliphatic heterocycles. The fraction of sp³-hybridized carbons (Fsp3) is 0.700. The van der Waals surface area contributed by atoms with Crippen molar-refractivity contribution in [2.45, 2.75) is 73.3 Å². The Hall–Kier alpha value is -2.41. The van der Waals surface area contributed by atoms with E-state index in [1.165, 1.54) is 0 Å². The van der Waals surface area contributed by atoms with Gasteiger partial charge in [0.2, 0.25) is 17.7 Å². The zero-order chi connectivity index (χ0) is 26.9. The molecule has 1 aromatic carbocycles. The van der Waals surface area contributed by atoms with Gasteiger partial charge < -0.3 is 19.6 Å². The van der Waals surface area contributed by atoms with Gasteiger partial charge in [-0.3, -0.25) is 14.4 Å². The smallest absolute Gasteiger partial charge is 0.227 e. The van der Waals surface area contributed by atoms with Crippen LogP contribution in [0.15, 0.2) is 24.3 Å². The number of hydrogen-bond acceptors (Lipinski definition) is 4. The lowest BCUT2D eigenvalue weighted by Gasteiger charge is -2.33. The summed E-state index contributed by atoms with van der Waals surface area (Å²) in [6.07, 6.45) is 3.71. The third-order valence-corrected chi connectivity index (χ3v) is 7.57. The predicted molar refractivity (Wildman–Crippen MR) is 149 cm³/mol. The first-order valence-corrected chi connectivity index (χ1v) is 14.3. The minimum Gasteiger partial charge on any atom is -0.343 e. The molecule has 1 aromatic rings. The summed E-state index contributed by atoms with van der Waals surface area (Å²) in [4.78, 5) is 47.0. The van der Waals surface area contributed by atoms with Gasteiger partial charge in [-0.15, -0.1) is 0 Å². The number of carbonyl (C=O) groups is 3. The maximum atomic E-state index is 13.7. The summed E-state index contributed by atoms with van der Waals surface area (Å²) >= 11 is 0. The third-order valence-electron chi connectivity index (χ3n) is 7.57. The van der Waals surface area contributed by atoms with Crippen LogP contribution < -0.4 is 4.90 Å². The molecule has 1 fully saturated rings. The molecule has 0 saturated carbocycles. The fourth-order valence-corrected chi connectivity index (χ4v) is 5.60. The molecule has 0 radical (unpaired) electrons. The van der Waals surface area contributed by atoms with Gasteiger partial charge in [0.1, 0.15) is 0 Å². The summed E-state index contributed by atoms with van der Waals surface area (Å²) < 4.78 is 0. The van der Waals surface area contributed by atoms with E-state index in [2.05, 4.69) is 38.7 Å². The minimum atomic E-state index is 0.121. The van der Waals surface area contributed by atoms with E-state index < -0.39 is 0 Å². The second-order valence-corrected chi connectivity index (χ2v) is 11.8. The number of hydrogen-bond donors (Lipinski definition) is 0. The van der Waals surface area contributed by atoms with Crippen LogP contribution in [0.1, 0.15) is 72.3 Å². The molecule has 0 unspecified atom stereocenters. The zero-order valence-electron chi connectivity index (χ0n) is 23.7. The van der Waals surface area contributed by atoms with Crippen LogP contribution >= 0.6 is 0 Å². The zero-order valence-corrected chi connectivity index (χ0v) is 23.7. The average molecular weight is 513 g/mol. The van der Waals surface area contributed by atoms with Crippen LogP contribution in [0.3, 0.4) is 0 Å². The molecule has 0 aliphatic carbocycles. The summed E-state index contributed by atoms with van der Waals surface area (Å²) in [5.74, 6) is 1.61. The Morgan fingerprint density at radius 3 is 2.19 bits per heavy atom. The Bertz CT molecular complexity index is 908. The van der Waals surface area contributed by atoms with E-state index >= 15 is 0 Å². The van der Waals surface area contributed by atoms with Crippen LogP contribution in [-0.4, -0.2) is 78.2 Å². The Morgan fingerprint density at radius 1 is 0.838 bits per heavy atom. The number of para-hydroxylation sites is 1. The van der Waals surface area contributed by atoms with E-state index in [-0.39, 0.29) is 17.7 Å². The van der Waals surface area contributed by atoms with Gasteiger partial charge in [-0.2, -0.15) is 0 Å².